The first-order valence-corrected chi connectivity index (χ1v) is 3.24. The molecule has 0 unspecified atom stereocenters. The molecule has 0 aromatic heterocycles. The van der Waals surface area contributed by atoms with E-state index in [4.69, 9.17) is 0 Å². The molecule has 4 heteroatoms. The van der Waals surface area contributed by atoms with Crippen molar-refractivity contribution in [1.82, 2.24) is 0 Å². The number of rotatable bonds is 2. The molecule has 0 saturated carbocycles. The zero-order valence-corrected chi connectivity index (χ0v) is 4.86. The fraction of sp³-hybridized carbons (Fsp3) is 0. The van der Waals surface area contributed by atoms with Crippen LogP contribution in [0.25, 0.3) is 0 Å². The van der Waals surface area contributed by atoms with Crippen molar-refractivity contribution in [3.8, 4) is 0 Å². The highest BCUT2D eigenvalue weighted by Gasteiger charge is 1.94. The third kappa shape index (κ3) is 5.36. The molecule has 0 spiro atoms. The van der Waals surface area contributed by atoms with E-state index in [-0.39, 0.29) is 0 Å². The van der Waals surface area contributed by atoms with Crippen LogP contribution in [-0.4, -0.2) is 8.42 Å². The molecule has 0 aliphatic carbocycles. The van der Waals surface area contributed by atoms with E-state index in [1.54, 1.807) is 0 Å². The van der Waals surface area contributed by atoms with Gasteiger partial charge in [-0.05, 0) is 6.08 Å². The second kappa shape index (κ2) is 2.61. The van der Waals surface area contributed by atoms with Crippen molar-refractivity contribution < 1.29 is 12.3 Å². The van der Waals surface area contributed by atoms with Crippen LogP contribution in [0, 0.1) is 0 Å². The predicted octanol–water partition coefficient (Wildman–Crippen LogP) is 0.985. The molecule has 0 radical (unpaired) electrons. The minimum absolute atomic E-state index is 0.431. The van der Waals surface area contributed by atoms with Gasteiger partial charge in [0.25, 0.3) is 0 Å². The van der Waals surface area contributed by atoms with Gasteiger partial charge >= 0.3 is 10.2 Å². The lowest BCUT2D eigenvalue weighted by Gasteiger charge is -1.73. The molecule has 0 aromatic rings. The van der Waals surface area contributed by atoms with Gasteiger partial charge in [-0.15, -0.1) is 3.89 Å². The Bertz CT molecular complexity index is 190. The van der Waals surface area contributed by atoms with E-state index in [2.05, 4.69) is 6.58 Å². The molecule has 0 amide bonds. The monoisotopic (exact) mass is 136 g/mol. The zero-order valence-electron chi connectivity index (χ0n) is 4.04. The number of hydrogen-bond acceptors (Lipinski definition) is 2. The molecule has 2 nitrogen and oxygen atoms in total. The molecule has 0 heterocycles. The summed E-state index contributed by atoms with van der Waals surface area (Å²) in [6, 6.07) is 0. The van der Waals surface area contributed by atoms with Crippen LogP contribution >= 0.6 is 0 Å². The SMILES string of the molecule is C=C/C=C\S(=O)(=O)F. The summed E-state index contributed by atoms with van der Waals surface area (Å²) in [6.07, 6.45) is 2.19. The summed E-state index contributed by atoms with van der Waals surface area (Å²) in [5.41, 5.74) is 0. The van der Waals surface area contributed by atoms with Crippen LogP contribution in [0.1, 0.15) is 0 Å². The molecule has 0 aliphatic rings. The fourth-order valence-electron chi connectivity index (χ4n) is 0.149. The maximum absolute atomic E-state index is 11.4. The van der Waals surface area contributed by atoms with E-state index >= 15 is 0 Å². The highest BCUT2D eigenvalue weighted by atomic mass is 32.3. The van der Waals surface area contributed by atoms with Crippen LogP contribution < -0.4 is 0 Å². The molecule has 0 N–H and O–H groups in total. The summed E-state index contributed by atoms with van der Waals surface area (Å²) in [5.74, 6) is 0. The first kappa shape index (κ1) is 7.36. The molecule has 0 atom stereocenters. The van der Waals surface area contributed by atoms with E-state index < -0.39 is 10.2 Å². The van der Waals surface area contributed by atoms with Gasteiger partial charge in [0.15, 0.2) is 0 Å². The van der Waals surface area contributed by atoms with E-state index in [0.717, 1.165) is 6.08 Å². The average Bonchev–Trinajstić information content (AvgIpc) is 1.59. The molecular weight excluding hydrogens is 131 g/mol. The highest BCUT2D eigenvalue weighted by molar-refractivity contribution is 7.89. The standard InChI is InChI=1S/C4H5FO2S/c1-2-3-4-8(5,6)7/h2-4H,1H2/b4-3-. The van der Waals surface area contributed by atoms with Gasteiger partial charge in [-0.1, -0.05) is 12.7 Å². The van der Waals surface area contributed by atoms with Crippen LogP contribution in [0.15, 0.2) is 24.1 Å². The van der Waals surface area contributed by atoms with Gasteiger partial charge in [-0.3, -0.25) is 0 Å². The number of allylic oxidation sites excluding steroid dienone is 2. The minimum Gasteiger partial charge on any atom is -0.190 e. The van der Waals surface area contributed by atoms with Crippen molar-refractivity contribution in [2.45, 2.75) is 0 Å². The maximum atomic E-state index is 11.4. The summed E-state index contributed by atoms with van der Waals surface area (Å²) >= 11 is 0. The first-order valence-electron chi connectivity index (χ1n) is 1.80. The molecule has 46 valence electrons. The van der Waals surface area contributed by atoms with Crippen molar-refractivity contribution in [2.75, 3.05) is 0 Å². The second-order valence-electron chi connectivity index (χ2n) is 1.04. The lowest BCUT2D eigenvalue weighted by molar-refractivity contribution is 0.563. The molecular formula is C4H5FO2S. The highest BCUT2D eigenvalue weighted by Crippen LogP contribution is 1.91. The minimum atomic E-state index is -4.44. The van der Waals surface area contributed by atoms with E-state index in [0.29, 0.717) is 5.41 Å². The van der Waals surface area contributed by atoms with Gasteiger partial charge in [-0.25, -0.2) is 0 Å². The molecule has 0 bridgehead atoms. The van der Waals surface area contributed by atoms with E-state index in [9.17, 15) is 12.3 Å². The Hall–Kier alpha value is -0.640. The summed E-state index contributed by atoms with van der Waals surface area (Å²) in [4.78, 5) is 0. The Morgan fingerprint density at radius 1 is 1.50 bits per heavy atom. The smallest absolute Gasteiger partial charge is 0.190 e. The van der Waals surface area contributed by atoms with Crippen LogP contribution in [-0.2, 0) is 10.2 Å². The molecule has 0 fully saturated rings. The van der Waals surface area contributed by atoms with Gasteiger partial charge in [0.2, 0.25) is 0 Å². The Balaban J connectivity index is 4.12. The van der Waals surface area contributed by atoms with Crippen LogP contribution in [0.5, 0.6) is 0 Å². The molecule has 8 heavy (non-hydrogen) atoms. The number of halogens is 1. The van der Waals surface area contributed by atoms with Crippen LogP contribution in [0.4, 0.5) is 3.89 Å². The lowest BCUT2D eigenvalue weighted by atomic mass is 10.6. The third-order valence-electron chi connectivity index (χ3n) is 0.377. The van der Waals surface area contributed by atoms with Crippen LogP contribution in [0.2, 0.25) is 0 Å². The summed E-state index contributed by atoms with van der Waals surface area (Å²) < 4.78 is 30.6. The topological polar surface area (TPSA) is 34.1 Å². The van der Waals surface area contributed by atoms with Gasteiger partial charge < -0.3 is 0 Å². The zero-order chi connectivity index (χ0) is 6.62. The molecule has 0 aromatic carbocycles. The average molecular weight is 136 g/mol. The summed E-state index contributed by atoms with van der Waals surface area (Å²) in [5, 5.41) is 0.431. The Morgan fingerprint density at radius 2 is 2.00 bits per heavy atom. The number of hydrogen-bond donors (Lipinski definition) is 0. The fourth-order valence-corrected chi connectivity index (χ4v) is 0.448. The van der Waals surface area contributed by atoms with Gasteiger partial charge in [0, 0.05) is 0 Å². The Labute approximate surface area is 47.5 Å². The largest absolute Gasteiger partial charge is 0.325 e. The lowest BCUT2D eigenvalue weighted by Crippen LogP contribution is -1.78. The summed E-state index contributed by atoms with van der Waals surface area (Å²) in [7, 11) is -4.44. The van der Waals surface area contributed by atoms with Gasteiger partial charge in [-0.2, -0.15) is 8.42 Å². The predicted molar refractivity (Wildman–Crippen MR) is 29.4 cm³/mol. The first-order chi connectivity index (χ1) is 3.56. The van der Waals surface area contributed by atoms with Crippen molar-refractivity contribution in [3.63, 3.8) is 0 Å². The molecule has 0 rings (SSSR count). The quantitative estimate of drug-likeness (QED) is 0.419. The van der Waals surface area contributed by atoms with Crippen molar-refractivity contribution in [2.24, 2.45) is 0 Å². The van der Waals surface area contributed by atoms with E-state index in [1.807, 2.05) is 0 Å². The third-order valence-corrected chi connectivity index (χ3v) is 0.859. The van der Waals surface area contributed by atoms with Crippen molar-refractivity contribution in [1.29, 1.82) is 0 Å². The van der Waals surface area contributed by atoms with Crippen LogP contribution in [0.3, 0.4) is 0 Å². The van der Waals surface area contributed by atoms with Crippen molar-refractivity contribution in [3.05, 3.63) is 24.1 Å². The second-order valence-corrected chi connectivity index (χ2v) is 2.26. The van der Waals surface area contributed by atoms with E-state index in [1.165, 1.54) is 6.08 Å². The molecule has 0 aliphatic heterocycles. The summed E-state index contributed by atoms with van der Waals surface area (Å²) in [6.45, 7) is 3.15. The normalized spacial score (nSPS) is 12.1. The van der Waals surface area contributed by atoms with Crippen molar-refractivity contribution >= 4 is 10.2 Å². The Kier molecular flexibility index (Phi) is 2.41. The molecule has 0 saturated heterocycles. The Morgan fingerprint density at radius 3 is 2.12 bits per heavy atom. The maximum Gasteiger partial charge on any atom is 0.325 e. The van der Waals surface area contributed by atoms with Gasteiger partial charge in [0.05, 0.1) is 5.41 Å². The van der Waals surface area contributed by atoms with Gasteiger partial charge in [0.1, 0.15) is 0 Å².